The zero-order chi connectivity index (χ0) is 15.3. The van der Waals surface area contributed by atoms with Crippen molar-refractivity contribution in [3.63, 3.8) is 0 Å². The molecule has 0 unspecified atom stereocenters. The molecule has 1 aliphatic rings. The SMILES string of the molecule is CC(=C(C#N)C#N)/C(SC(F)(F)F)=C(\C)N1CCCC1. The van der Waals surface area contributed by atoms with Crippen molar-refractivity contribution >= 4 is 11.8 Å². The van der Waals surface area contributed by atoms with Gasteiger partial charge in [-0.15, -0.1) is 0 Å². The highest BCUT2D eigenvalue weighted by Crippen LogP contribution is 2.42. The van der Waals surface area contributed by atoms with Gasteiger partial charge < -0.3 is 4.90 Å². The molecular formula is C13H14F3N3S. The third-order valence-corrected chi connectivity index (χ3v) is 4.10. The number of alkyl halides is 3. The highest BCUT2D eigenvalue weighted by molar-refractivity contribution is 8.04. The Kier molecular flexibility index (Phi) is 5.52. The fourth-order valence-electron chi connectivity index (χ4n) is 2.04. The minimum Gasteiger partial charge on any atom is -0.374 e. The Morgan fingerprint density at radius 3 is 2.00 bits per heavy atom. The Morgan fingerprint density at radius 2 is 1.60 bits per heavy atom. The molecular weight excluding hydrogens is 287 g/mol. The van der Waals surface area contributed by atoms with Crippen molar-refractivity contribution in [1.29, 1.82) is 10.5 Å². The number of rotatable bonds is 3. The topological polar surface area (TPSA) is 50.8 Å². The Bertz CT molecular complexity index is 498. The van der Waals surface area contributed by atoms with Crippen LogP contribution in [0.2, 0.25) is 0 Å². The van der Waals surface area contributed by atoms with Crippen LogP contribution in [0.4, 0.5) is 13.2 Å². The van der Waals surface area contributed by atoms with Crippen LogP contribution in [0.25, 0.3) is 0 Å². The quantitative estimate of drug-likeness (QED) is 0.585. The van der Waals surface area contributed by atoms with Crippen LogP contribution in [0.5, 0.6) is 0 Å². The summed E-state index contributed by atoms with van der Waals surface area (Å²) < 4.78 is 38.1. The van der Waals surface area contributed by atoms with Gasteiger partial charge in [0.15, 0.2) is 0 Å². The van der Waals surface area contributed by atoms with Crippen LogP contribution in [-0.2, 0) is 0 Å². The lowest BCUT2D eigenvalue weighted by Crippen LogP contribution is -2.19. The second-order valence-corrected chi connectivity index (χ2v) is 5.46. The third kappa shape index (κ3) is 4.21. The first-order chi connectivity index (χ1) is 9.30. The van der Waals surface area contributed by atoms with Gasteiger partial charge in [0.1, 0.15) is 17.7 Å². The number of allylic oxidation sites excluding steroid dienone is 3. The van der Waals surface area contributed by atoms with Gasteiger partial charge in [-0.1, -0.05) is 0 Å². The summed E-state index contributed by atoms with van der Waals surface area (Å²) >= 11 is -0.258. The maximum Gasteiger partial charge on any atom is 0.446 e. The van der Waals surface area contributed by atoms with Crippen molar-refractivity contribution < 1.29 is 13.2 Å². The minimum absolute atomic E-state index is 0.0440. The average molecular weight is 301 g/mol. The fraction of sp³-hybridized carbons (Fsp3) is 0.538. The summed E-state index contributed by atoms with van der Waals surface area (Å²) in [6.45, 7) is 4.40. The molecule has 1 rings (SSSR count). The molecule has 0 bridgehead atoms. The van der Waals surface area contributed by atoms with E-state index in [2.05, 4.69) is 0 Å². The maximum atomic E-state index is 12.7. The first-order valence-electron chi connectivity index (χ1n) is 6.03. The molecule has 1 heterocycles. The zero-order valence-corrected chi connectivity index (χ0v) is 12.0. The van der Waals surface area contributed by atoms with Gasteiger partial charge in [0, 0.05) is 23.7 Å². The summed E-state index contributed by atoms with van der Waals surface area (Å²) in [7, 11) is 0. The molecule has 1 fully saturated rings. The first kappa shape index (κ1) is 16.5. The van der Waals surface area contributed by atoms with Crippen molar-refractivity contribution in [2.24, 2.45) is 0 Å². The molecule has 0 spiro atoms. The molecule has 0 atom stereocenters. The molecule has 0 N–H and O–H groups in total. The predicted molar refractivity (Wildman–Crippen MR) is 71.1 cm³/mol. The van der Waals surface area contributed by atoms with E-state index >= 15 is 0 Å². The van der Waals surface area contributed by atoms with E-state index < -0.39 is 5.51 Å². The van der Waals surface area contributed by atoms with E-state index in [-0.39, 0.29) is 27.8 Å². The number of likely N-dealkylation sites (tertiary alicyclic amines) is 1. The number of thioether (sulfide) groups is 1. The monoisotopic (exact) mass is 301 g/mol. The predicted octanol–water partition coefficient (Wildman–Crippen LogP) is 3.93. The van der Waals surface area contributed by atoms with Crippen molar-refractivity contribution in [2.75, 3.05) is 13.1 Å². The summed E-state index contributed by atoms with van der Waals surface area (Å²) in [5.41, 5.74) is -4.17. The molecule has 1 saturated heterocycles. The van der Waals surface area contributed by atoms with Crippen LogP contribution in [-0.4, -0.2) is 23.5 Å². The molecule has 0 aromatic carbocycles. The van der Waals surface area contributed by atoms with E-state index in [1.807, 2.05) is 4.90 Å². The van der Waals surface area contributed by atoms with Crippen LogP contribution < -0.4 is 0 Å². The summed E-state index contributed by atoms with van der Waals surface area (Å²) in [5, 5.41) is 17.7. The van der Waals surface area contributed by atoms with E-state index in [4.69, 9.17) is 10.5 Å². The van der Waals surface area contributed by atoms with Gasteiger partial charge in [-0.25, -0.2) is 0 Å². The number of halogens is 3. The number of hydrogen-bond acceptors (Lipinski definition) is 4. The normalized spacial score (nSPS) is 16.2. The molecule has 3 nitrogen and oxygen atoms in total. The number of nitrogens with zero attached hydrogens (tertiary/aromatic N) is 3. The fourth-order valence-corrected chi connectivity index (χ4v) is 2.80. The number of nitriles is 2. The number of hydrogen-bond donors (Lipinski definition) is 0. The molecule has 20 heavy (non-hydrogen) atoms. The highest BCUT2D eigenvalue weighted by atomic mass is 32.2. The minimum atomic E-state index is -4.45. The maximum absolute atomic E-state index is 12.7. The Labute approximate surface area is 120 Å². The van der Waals surface area contributed by atoms with E-state index in [1.165, 1.54) is 6.92 Å². The first-order valence-corrected chi connectivity index (χ1v) is 6.84. The summed E-state index contributed by atoms with van der Waals surface area (Å²) in [5.74, 6) is 0. The van der Waals surface area contributed by atoms with E-state index in [9.17, 15) is 13.2 Å². The Balaban J connectivity index is 3.29. The van der Waals surface area contributed by atoms with Crippen molar-refractivity contribution in [3.05, 3.63) is 21.7 Å². The van der Waals surface area contributed by atoms with Crippen LogP contribution in [0.1, 0.15) is 26.7 Å². The molecule has 0 aliphatic carbocycles. The van der Waals surface area contributed by atoms with Gasteiger partial charge >= 0.3 is 5.51 Å². The molecule has 0 radical (unpaired) electrons. The molecule has 0 aromatic rings. The zero-order valence-electron chi connectivity index (χ0n) is 11.2. The third-order valence-electron chi connectivity index (χ3n) is 3.07. The second kappa shape index (κ2) is 6.71. The van der Waals surface area contributed by atoms with Crippen molar-refractivity contribution in [1.82, 2.24) is 4.90 Å². The molecule has 108 valence electrons. The van der Waals surface area contributed by atoms with Crippen LogP contribution in [0.3, 0.4) is 0 Å². The summed E-state index contributed by atoms with van der Waals surface area (Å²) in [6.07, 6.45) is 1.88. The van der Waals surface area contributed by atoms with Gasteiger partial charge in [-0.3, -0.25) is 0 Å². The van der Waals surface area contributed by atoms with Crippen molar-refractivity contribution in [3.8, 4) is 12.1 Å². The molecule has 0 aromatic heterocycles. The smallest absolute Gasteiger partial charge is 0.374 e. The summed E-state index contributed by atoms with van der Waals surface area (Å²) in [4.78, 5) is 1.82. The van der Waals surface area contributed by atoms with Crippen LogP contribution in [0, 0.1) is 22.7 Å². The van der Waals surface area contributed by atoms with E-state index in [1.54, 1.807) is 19.1 Å². The van der Waals surface area contributed by atoms with E-state index in [0.29, 0.717) is 18.8 Å². The largest absolute Gasteiger partial charge is 0.446 e. The van der Waals surface area contributed by atoms with Gasteiger partial charge in [0.25, 0.3) is 0 Å². The highest BCUT2D eigenvalue weighted by Gasteiger charge is 2.33. The molecule has 0 saturated carbocycles. The Hall–Kier alpha value is -1.60. The molecule has 1 aliphatic heterocycles. The van der Waals surface area contributed by atoms with Gasteiger partial charge in [0.05, 0.1) is 0 Å². The van der Waals surface area contributed by atoms with Gasteiger partial charge in [-0.2, -0.15) is 23.7 Å². The summed E-state index contributed by atoms with van der Waals surface area (Å²) in [6, 6.07) is 3.30. The van der Waals surface area contributed by atoms with Crippen LogP contribution in [0.15, 0.2) is 21.7 Å². The van der Waals surface area contributed by atoms with E-state index in [0.717, 1.165) is 12.8 Å². The lowest BCUT2D eigenvalue weighted by atomic mass is 10.1. The average Bonchev–Trinajstić information content (AvgIpc) is 2.89. The lowest BCUT2D eigenvalue weighted by Gasteiger charge is -2.23. The van der Waals surface area contributed by atoms with Crippen molar-refractivity contribution in [2.45, 2.75) is 32.2 Å². The standard InChI is InChI=1S/C13H14F3N3S/c1-9(11(7-17)8-18)12(20-13(14,15)16)10(2)19-5-3-4-6-19/h3-6H2,1-2H3/b12-10-. The molecule has 0 amide bonds. The molecule has 7 heteroatoms. The lowest BCUT2D eigenvalue weighted by molar-refractivity contribution is -0.0322. The van der Waals surface area contributed by atoms with Crippen LogP contribution >= 0.6 is 11.8 Å². The van der Waals surface area contributed by atoms with Gasteiger partial charge in [-0.05, 0) is 44.0 Å². The Morgan fingerprint density at radius 1 is 1.10 bits per heavy atom. The van der Waals surface area contributed by atoms with Gasteiger partial charge in [0.2, 0.25) is 0 Å². The second-order valence-electron chi connectivity index (χ2n) is 4.38.